The molecule has 0 unspecified atom stereocenters. The van der Waals surface area contributed by atoms with E-state index in [2.05, 4.69) is 83.1 Å². The van der Waals surface area contributed by atoms with Crippen LogP contribution >= 0.6 is 141 Å². The second-order valence-corrected chi connectivity index (χ2v) is 44.8. The van der Waals surface area contributed by atoms with E-state index in [0.29, 0.717) is 56.9 Å². The minimum atomic E-state index is -1.19. The van der Waals surface area contributed by atoms with E-state index < -0.39 is 53.4 Å². The van der Waals surface area contributed by atoms with Gasteiger partial charge in [0.1, 0.15) is 0 Å². The Balaban J connectivity index is 0.00000361. The molecule has 24 heteroatoms. The Morgan fingerprint density at radius 3 is 0.883 bits per heavy atom. The van der Waals surface area contributed by atoms with Gasteiger partial charge in [0.05, 0.1) is 53.1 Å². The number of amides is 2. The molecular weight excluding hydrogens is 1220 g/mol. The van der Waals surface area contributed by atoms with Crippen molar-refractivity contribution in [3.63, 3.8) is 0 Å². The third-order valence-corrected chi connectivity index (χ3v) is 31.2. The molecule has 1 N–H and O–H groups in total. The largest absolute Gasteiger partial charge is 1.00 e. The quantitative estimate of drug-likeness (QED) is 0.182. The van der Waals surface area contributed by atoms with Crippen LogP contribution in [0.15, 0.2) is 70.4 Å². The SMILES string of the molecule is CC1(C)Sc2c(c(C(c3c4c(c(C(=O)[O-])c5c3SC(C)(C)S5)SC(C)(C)S4)c3c4c(c(C(=O)N5CCN(C(=O)C6=CC(C)(C)N(O)C6(C)C)CC5)c5c3SC(C)(C)S5)SC(C)(C)S4)c3c(c2C(=O)[O-])SC(C)(C)S3)S1.[Na+].[Na+]. The van der Waals surface area contributed by atoms with Gasteiger partial charge in [0.2, 0.25) is 0 Å². The van der Waals surface area contributed by atoms with Gasteiger partial charge < -0.3 is 34.8 Å². The first kappa shape index (κ1) is 62.9. The molecule has 3 aromatic rings. The zero-order valence-electron chi connectivity index (χ0n) is 46.6. The minimum Gasteiger partial charge on any atom is -0.545 e. The van der Waals surface area contributed by atoms with E-state index in [9.17, 15) is 29.8 Å². The van der Waals surface area contributed by atoms with E-state index in [4.69, 9.17) is 0 Å². The summed E-state index contributed by atoms with van der Waals surface area (Å²) in [5, 5.41) is 39.6. The fraction of sp³-hybridized carbons (Fsp3) is 0.547. The van der Waals surface area contributed by atoms with Crippen LogP contribution in [-0.4, -0.2) is 106 Å². The Labute approximate surface area is 548 Å². The van der Waals surface area contributed by atoms with Crippen LogP contribution in [0.1, 0.15) is 164 Å². The molecule has 8 aliphatic heterocycles. The fourth-order valence-electron chi connectivity index (χ4n) is 11.3. The number of thioether (sulfide) groups is 12. The Kier molecular flexibility index (Phi) is 17.0. The molecule has 10 nitrogen and oxygen atoms in total. The number of rotatable bonds is 7. The number of carboxylic acid groups (broad SMARTS) is 2. The molecule has 11 rings (SSSR count). The number of hydrogen-bond acceptors (Lipinski definition) is 20. The smallest absolute Gasteiger partial charge is 0.545 e. The van der Waals surface area contributed by atoms with Gasteiger partial charge in [-0.25, -0.2) is 0 Å². The third kappa shape index (κ3) is 10.7. The summed E-state index contributed by atoms with van der Waals surface area (Å²) in [7, 11) is 0. The zero-order chi connectivity index (χ0) is 54.6. The minimum absolute atomic E-state index is 0. The number of fused-ring (bicyclic) bond motifs is 6. The molecule has 0 aliphatic carbocycles. The van der Waals surface area contributed by atoms with E-state index >= 15 is 4.79 Å². The van der Waals surface area contributed by atoms with E-state index in [0.717, 1.165) is 55.9 Å². The molecule has 8 aliphatic rings. The molecule has 2 amide bonds. The van der Waals surface area contributed by atoms with Crippen LogP contribution in [0.4, 0.5) is 0 Å². The molecule has 0 radical (unpaired) electrons. The Hall–Kier alpha value is 1.40. The molecule has 3 aromatic carbocycles. The second kappa shape index (κ2) is 20.8. The molecule has 0 spiro atoms. The van der Waals surface area contributed by atoms with Crippen LogP contribution in [0.25, 0.3) is 0 Å². The van der Waals surface area contributed by atoms with Crippen LogP contribution in [-0.2, 0) is 4.79 Å². The van der Waals surface area contributed by atoms with Crippen molar-refractivity contribution in [3.8, 4) is 0 Å². The Bertz CT molecular complexity index is 2960. The Morgan fingerprint density at radius 2 is 0.649 bits per heavy atom. The molecule has 1 fully saturated rings. The number of hydroxylamine groups is 2. The predicted molar refractivity (Wildman–Crippen MR) is 316 cm³/mol. The number of carbonyl (C=O) groups is 4. The summed E-state index contributed by atoms with van der Waals surface area (Å²) in [5.41, 5.74) is 3.27. The van der Waals surface area contributed by atoms with Crippen molar-refractivity contribution in [3.05, 3.63) is 45.0 Å². The topological polar surface area (TPSA) is 144 Å². The van der Waals surface area contributed by atoms with Gasteiger partial charge in [0.25, 0.3) is 11.8 Å². The molecule has 0 aromatic heterocycles. The number of nitrogens with zero attached hydrogens (tertiary/aromatic N) is 3. The number of aromatic carboxylic acids is 2. The van der Waals surface area contributed by atoms with Gasteiger partial charge >= 0.3 is 59.1 Å². The first-order valence-electron chi connectivity index (χ1n) is 24.7. The number of carboxylic acids is 2. The van der Waals surface area contributed by atoms with E-state index in [1.54, 1.807) is 141 Å². The summed E-state index contributed by atoms with van der Waals surface area (Å²) < 4.78 is -2.52. The van der Waals surface area contributed by atoms with E-state index in [1.807, 2.05) is 43.6 Å². The van der Waals surface area contributed by atoms with Crippen molar-refractivity contribution < 1.29 is 93.7 Å². The zero-order valence-corrected chi connectivity index (χ0v) is 60.4. The molecule has 402 valence electrons. The van der Waals surface area contributed by atoms with Crippen LogP contribution in [0.5, 0.6) is 0 Å². The molecule has 77 heavy (non-hydrogen) atoms. The number of hydrogen-bond donors (Lipinski definition) is 1. The fourth-order valence-corrected chi connectivity index (χ4v) is 29.2. The molecule has 8 heterocycles. The maximum Gasteiger partial charge on any atom is 1.00 e. The van der Waals surface area contributed by atoms with Gasteiger partial charge in [-0.05, 0) is 127 Å². The monoisotopic (exact) mass is 1280 g/mol. The summed E-state index contributed by atoms with van der Waals surface area (Å²) >= 11 is 20.1. The maximum atomic E-state index is 15.8. The van der Waals surface area contributed by atoms with Gasteiger partial charge in [-0.1, -0.05) is 6.08 Å². The van der Waals surface area contributed by atoms with Gasteiger partial charge in [-0.3, -0.25) is 9.59 Å². The maximum absolute atomic E-state index is 15.8. The van der Waals surface area contributed by atoms with Crippen molar-refractivity contribution in [1.82, 2.24) is 14.9 Å². The average molecular weight is 1280 g/mol. The predicted octanol–water partition coefficient (Wildman–Crippen LogP) is 7.68. The van der Waals surface area contributed by atoms with Gasteiger partial charge in [0.15, 0.2) is 0 Å². The van der Waals surface area contributed by atoms with Gasteiger partial charge in [0, 0.05) is 108 Å². The summed E-state index contributed by atoms with van der Waals surface area (Å²) in [4.78, 5) is 71.5. The van der Waals surface area contributed by atoms with Crippen LogP contribution in [0, 0.1) is 0 Å². The first-order chi connectivity index (χ1) is 34.4. The van der Waals surface area contributed by atoms with E-state index in [-0.39, 0.29) is 82.1 Å². The summed E-state index contributed by atoms with van der Waals surface area (Å²) in [5.74, 6) is -3.12. The van der Waals surface area contributed by atoms with E-state index in [1.165, 1.54) is 5.06 Å². The standard InChI is InChI=1S/C53H61N3O7S12.2Na/c1-46(2)21-22(47(3,4)56(46)63)42(57)54-17-19-55(20-18-54)43(58)27-36-30(64-48(5,6)70-36)24(31-37(27)71-49(7,8)65-31)23(25-32-38(72-50(9,10)66-32)28(44(59)60)39-33(25)67-51(11,12)73-39)26-34-40(74-52(13,14)68-34)29(45(61)62)41-35(26)69-53(15,16)75-41;;/h21,23,63H,17-20H2,1-16H3,(H,59,60)(H,61,62);;/q;2*+1/p-2. The third-order valence-electron chi connectivity index (χ3n) is 14.0. The second-order valence-electron chi connectivity index (χ2n) is 23.6. The number of benzene rings is 3. The summed E-state index contributed by atoms with van der Waals surface area (Å²) in [6.45, 7) is 34.9. The van der Waals surface area contributed by atoms with Crippen molar-refractivity contribution >= 4 is 165 Å². The van der Waals surface area contributed by atoms with Crippen LogP contribution in [0.3, 0.4) is 0 Å². The molecule has 0 saturated carbocycles. The molecule has 0 atom stereocenters. The van der Waals surface area contributed by atoms with Gasteiger partial charge in [-0.2, -0.15) is 5.06 Å². The van der Waals surface area contributed by atoms with Crippen molar-refractivity contribution in [2.24, 2.45) is 0 Å². The van der Waals surface area contributed by atoms with Crippen LogP contribution in [0.2, 0.25) is 0 Å². The van der Waals surface area contributed by atoms with Crippen molar-refractivity contribution in [2.75, 3.05) is 26.2 Å². The average Bonchev–Trinajstić information content (AvgIpc) is 4.11. The normalized spacial score (nSPS) is 23.6. The van der Waals surface area contributed by atoms with Crippen molar-refractivity contribution in [2.45, 2.75) is 211 Å². The summed E-state index contributed by atoms with van der Waals surface area (Å²) in [6, 6.07) is 0. The Morgan fingerprint density at radius 1 is 0.416 bits per heavy atom. The van der Waals surface area contributed by atoms with Gasteiger partial charge in [-0.15, -0.1) is 141 Å². The number of carbonyl (C=O) groups excluding carboxylic acids is 4. The molecule has 1 saturated heterocycles. The van der Waals surface area contributed by atoms with Crippen molar-refractivity contribution in [1.29, 1.82) is 0 Å². The van der Waals surface area contributed by atoms with Crippen LogP contribution < -0.4 is 69.3 Å². The molecular formula is C53H59N3Na2O7S12. The summed E-state index contributed by atoms with van der Waals surface area (Å²) in [6.07, 6.45) is 1.86. The number of piperazine rings is 1. The first-order valence-corrected chi connectivity index (χ1v) is 34.5. The molecule has 0 bridgehead atoms.